The van der Waals surface area contributed by atoms with Gasteiger partial charge in [0.2, 0.25) is 0 Å². The molecule has 0 aliphatic rings. The van der Waals surface area contributed by atoms with Gasteiger partial charge < -0.3 is 15.1 Å². The number of amides is 2. The molecule has 4 heteroatoms. The lowest BCUT2D eigenvalue weighted by atomic mass is 10.5. The van der Waals surface area contributed by atoms with Crippen molar-refractivity contribution < 1.29 is 4.79 Å². The zero-order valence-electron chi connectivity index (χ0n) is 9.13. The van der Waals surface area contributed by atoms with Crippen LogP contribution in [0.15, 0.2) is 0 Å². The van der Waals surface area contributed by atoms with Crippen LogP contribution in [0.5, 0.6) is 0 Å². The Hall–Kier alpha value is -0.770. The van der Waals surface area contributed by atoms with Crippen molar-refractivity contribution in [2.75, 3.05) is 40.3 Å². The van der Waals surface area contributed by atoms with Crippen LogP contribution in [0.3, 0.4) is 0 Å². The maximum Gasteiger partial charge on any atom is 0.317 e. The van der Waals surface area contributed by atoms with Crippen molar-refractivity contribution in [2.24, 2.45) is 0 Å². The number of nitrogens with one attached hydrogen (secondary N) is 1. The quantitative estimate of drug-likeness (QED) is 0.684. The molecule has 0 saturated heterocycles. The lowest BCUT2D eigenvalue weighted by Gasteiger charge is -2.19. The Balaban J connectivity index is 3.60. The van der Waals surface area contributed by atoms with Crippen LogP contribution in [0.1, 0.15) is 13.8 Å². The Bertz CT molecular complexity index is 144. The van der Waals surface area contributed by atoms with Gasteiger partial charge in [-0.3, -0.25) is 0 Å². The van der Waals surface area contributed by atoms with Gasteiger partial charge in [-0.05, 0) is 27.9 Å². The summed E-state index contributed by atoms with van der Waals surface area (Å²) in [6, 6.07) is 0.0341. The maximum atomic E-state index is 11.4. The first-order chi connectivity index (χ1) is 6.11. The molecule has 0 aromatic carbocycles. The van der Waals surface area contributed by atoms with Crippen molar-refractivity contribution in [1.82, 2.24) is 15.1 Å². The standard InChI is InChI=1S/C9H21N3O/c1-5-12(6-2)9(13)10-7-8-11(3)4/h5-8H2,1-4H3,(H,10,13). The predicted octanol–water partition coefficient (Wildman–Crippen LogP) is 0.599. The van der Waals surface area contributed by atoms with Crippen LogP contribution < -0.4 is 5.32 Å². The van der Waals surface area contributed by atoms with Gasteiger partial charge in [0.05, 0.1) is 0 Å². The second-order valence-corrected chi connectivity index (χ2v) is 3.21. The topological polar surface area (TPSA) is 35.6 Å². The molecule has 0 bridgehead atoms. The molecule has 0 aliphatic heterocycles. The van der Waals surface area contributed by atoms with E-state index >= 15 is 0 Å². The Morgan fingerprint density at radius 1 is 1.23 bits per heavy atom. The maximum absolute atomic E-state index is 11.4. The minimum Gasteiger partial charge on any atom is -0.337 e. The minimum absolute atomic E-state index is 0.0341. The SMILES string of the molecule is CCN(CC)C(=O)NCCN(C)C. The molecule has 78 valence electrons. The van der Waals surface area contributed by atoms with E-state index in [0.29, 0.717) is 6.54 Å². The molecule has 0 atom stereocenters. The number of urea groups is 1. The van der Waals surface area contributed by atoms with Crippen molar-refractivity contribution >= 4 is 6.03 Å². The first-order valence-electron chi connectivity index (χ1n) is 4.79. The van der Waals surface area contributed by atoms with Crippen LogP contribution in [0.4, 0.5) is 4.79 Å². The molecule has 0 aromatic rings. The summed E-state index contributed by atoms with van der Waals surface area (Å²) in [5.41, 5.74) is 0. The average molecular weight is 187 g/mol. The van der Waals surface area contributed by atoms with E-state index in [1.165, 1.54) is 0 Å². The van der Waals surface area contributed by atoms with Crippen LogP contribution in [0.2, 0.25) is 0 Å². The monoisotopic (exact) mass is 187 g/mol. The summed E-state index contributed by atoms with van der Waals surface area (Å²) in [4.78, 5) is 15.2. The average Bonchev–Trinajstić information content (AvgIpc) is 2.05. The Labute approximate surface area is 80.9 Å². The van der Waals surface area contributed by atoms with Crippen molar-refractivity contribution in [3.63, 3.8) is 0 Å². The molecule has 0 aromatic heterocycles. The van der Waals surface area contributed by atoms with Gasteiger partial charge in [0.25, 0.3) is 0 Å². The molecule has 1 N–H and O–H groups in total. The zero-order chi connectivity index (χ0) is 10.3. The van der Waals surface area contributed by atoms with Gasteiger partial charge in [0, 0.05) is 26.2 Å². The zero-order valence-corrected chi connectivity index (χ0v) is 9.13. The lowest BCUT2D eigenvalue weighted by molar-refractivity contribution is 0.202. The largest absolute Gasteiger partial charge is 0.337 e. The van der Waals surface area contributed by atoms with E-state index in [4.69, 9.17) is 0 Å². The summed E-state index contributed by atoms with van der Waals surface area (Å²) in [6.07, 6.45) is 0. The van der Waals surface area contributed by atoms with E-state index in [1.54, 1.807) is 4.90 Å². The Kier molecular flexibility index (Phi) is 6.32. The lowest BCUT2D eigenvalue weighted by Crippen LogP contribution is -2.42. The van der Waals surface area contributed by atoms with Crippen molar-refractivity contribution in [3.05, 3.63) is 0 Å². The summed E-state index contributed by atoms with van der Waals surface area (Å²) in [6.45, 7) is 7.09. The van der Waals surface area contributed by atoms with Crippen LogP contribution in [0.25, 0.3) is 0 Å². The molecule has 4 nitrogen and oxygen atoms in total. The number of hydrogen-bond acceptors (Lipinski definition) is 2. The van der Waals surface area contributed by atoms with Gasteiger partial charge in [-0.1, -0.05) is 0 Å². The highest BCUT2D eigenvalue weighted by Gasteiger charge is 2.07. The molecule has 0 radical (unpaired) electrons. The third kappa shape index (κ3) is 5.47. The van der Waals surface area contributed by atoms with Gasteiger partial charge in [0.15, 0.2) is 0 Å². The molecular formula is C9H21N3O. The molecular weight excluding hydrogens is 166 g/mol. The molecule has 2 amide bonds. The molecule has 13 heavy (non-hydrogen) atoms. The van der Waals surface area contributed by atoms with E-state index in [-0.39, 0.29) is 6.03 Å². The first kappa shape index (κ1) is 12.2. The van der Waals surface area contributed by atoms with E-state index in [2.05, 4.69) is 5.32 Å². The van der Waals surface area contributed by atoms with E-state index in [1.807, 2.05) is 32.8 Å². The van der Waals surface area contributed by atoms with E-state index in [9.17, 15) is 4.79 Å². The molecule has 0 saturated carbocycles. The fourth-order valence-electron chi connectivity index (χ4n) is 1.01. The molecule has 0 heterocycles. The minimum atomic E-state index is 0.0341. The van der Waals surface area contributed by atoms with E-state index < -0.39 is 0 Å². The highest BCUT2D eigenvalue weighted by atomic mass is 16.2. The number of rotatable bonds is 5. The summed E-state index contributed by atoms with van der Waals surface area (Å²) < 4.78 is 0. The summed E-state index contributed by atoms with van der Waals surface area (Å²) in [7, 11) is 3.98. The second kappa shape index (κ2) is 6.71. The predicted molar refractivity (Wildman–Crippen MR) is 54.9 cm³/mol. The normalized spacial score (nSPS) is 10.2. The third-order valence-electron chi connectivity index (χ3n) is 1.89. The van der Waals surface area contributed by atoms with Gasteiger partial charge in [-0.25, -0.2) is 4.79 Å². The first-order valence-corrected chi connectivity index (χ1v) is 4.79. The number of hydrogen-bond donors (Lipinski definition) is 1. The molecule has 0 fully saturated rings. The Morgan fingerprint density at radius 3 is 2.15 bits per heavy atom. The number of carbonyl (C=O) groups is 1. The summed E-state index contributed by atoms with van der Waals surface area (Å²) in [5, 5.41) is 2.86. The molecule has 0 aliphatic carbocycles. The Morgan fingerprint density at radius 2 is 1.77 bits per heavy atom. The van der Waals surface area contributed by atoms with Gasteiger partial charge in [-0.15, -0.1) is 0 Å². The highest BCUT2D eigenvalue weighted by Crippen LogP contribution is 1.87. The van der Waals surface area contributed by atoms with Crippen LogP contribution >= 0.6 is 0 Å². The van der Waals surface area contributed by atoms with Gasteiger partial charge in [0.1, 0.15) is 0 Å². The smallest absolute Gasteiger partial charge is 0.317 e. The van der Waals surface area contributed by atoms with Crippen LogP contribution in [0, 0.1) is 0 Å². The fourth-order valence-corrected chi connectivity index (χ4v) is 1.01. The van der Waals surface area contributed by atoms with Gasteiger partial charge >= 0.3 is 6.03 Å². The molecule has 0 rings (SSSR count). The van der Waals surface area contributed by atoms with Gasteiger partial charge in [-0.2, -0.15) is 0 Å². The van der Waals surface area contributed by atoms with E-state index in [0.717, 1.165) is 19.6 Å². The highest BCUT2D eigenvalue weighted by molar-refractivity contribution is 5.73. The van der Waals surface area contributed by atoms with Crippen molar-refractivity contribution in [2.45, 2.75) is 13.8 Å². The van der Waals surface area contributed by atoms with Crippen LogP contribution in [-0.4, -0.2) is 56.1 Å². The fraction of sp³-hybridized carbons (Fsp3) is 0.889. The number of likely N-dealkylation sites (N-methyl/N-ethyl adjacent to an activating group) is 1. The summed E-state index contributed by atoms with van der Waals surface area (Å²) >= 11 is 0. The second-order valence-electron chi connectivity index (χ2n) is 3.21. The summed E-state index contributed by atoms with van der Waals surface area (Å²) in [5.74, 6) is 0. The number of carbonyl (C=O) groups excluding carboxylic acids is 1. The third-order valence-corrected chi connectivity index (χ3v) is 1.89. The molecule has 0 spiro atoms. The van der Waals surface area contributed by atoms with Crippen molar-refractivity contribution in [3.8, 4) is 0 Å². The number of nitrogens with zero attached hydrogens (tertiary/aromatic N) is 2. The molecule has 0 unspecified atom stereocenters. The van der Waals surface area contributed by atoms with Crippen molar-refractivity contribution in [1.29, 1.82) is 0 Å². The van der Waals surface area contributed by atoms with Crippen LogP contribution in [-0.2, 0) is 0 Å².